The molecule has 0 radical (unpaired) electrons. The van der Waals surface area contributed by atoms with Crippen molar-refractivity contribution < 1.29 is 4.48 Å². The molecule has 0 aromatic heterocycles. The maximum atomic E-state index is 2.32. The number of unbranched alkanes of at least 4 members (excludes halogenated alkanes) is 25. The van der Waals surface area contributed by atoms with Gasteiger partial charge >= 0.3 is 0 Å². The number of rotatable bonds is 29. The Balaban J connectivity index is 1.86. The van der Waals surface area contributed by atoms with E-state index in [0.717, 1.165) is 0 Å². The zero-order chi connectivity index (χ0) is 25.8. The van der Waals surface area contributed by atoms with Crippen LogP contribution in [0, 0.1) is 0 Å². The first kappa shape index (κ1) is 34.0. The first-order chi connectivity index (χ1) is 17.8. The summed E-state index contributed by atoms with van der Waals surface area (Å²) in [4.78, 5) is 0. The smallest absolute Gasteiger partial charge is 0.0788 e. The molecule has 1 heteroatoms. The van der Waals surface area contributed by atoms with E-state index in [2.05, 4.69) is 13.8 Å². The average Bonchev–Trinajstić information content (AvgIpc) is 3.36. The first-order valence-corrected chi connectivity index (χ1v) is 17.7. The van der Waals surface area contributed by atoms with Crippen LogP contribution in [-0.2, 0) is 0 Å². The van der Waals surface area contributed by atoms with Gasteiger partial charge in [-0.1, -0.05) is 162 Å². The normalized spacial score (nSPS) is 15.2. The lowest BCUT2D eigenvalue weighted by molar-refractivity contribution is -0.917. The lowest BCUT2D eigenvalue weighted by Crippen LogP contribution is -2.46. The van der Waals surface area contributed by atoms with Gasteiger partial charge in [0.15, 0.2) is 0 Å². The number of quaternary nitrogens is 1. The van der Waals surface area contributed by atoms with Crippen molar-refractivity contribution in [3.05, 3.63) is 0 Å². The van der Waals surface area contributed by atoms with E-state index in [-0.39, 0.29) is 0 Å². The van der Waals surface area contributed by atoms with E-state index >= 15 is 0 Å². The molecule has 0 atom stereocenters. The van der Waals surface area contributed by atoms with Crippen LogP contribution >= 0.6 is 0 Å². The maximum Gasteiger partial charge on any atom is 0.0788 e. The third-order valence-corrected chi connectivity index (χ3v) is 9.24. The second-order valence-corrected chi connectivity index (χ2v) is 12.8. The number of hydrogen-bond donors (Lipinski definition) is 0. The summed E-state index contributed by atoms with van der Waals surface area (Å²) in [7, 11) is 0. The largest absolute Gasteiger partial charge is 0.324 e. The number of likely N-dealkylation sites (tertiary alicyclic amines) is 1. The second-order valence-electron chi connectivity index (χ2n) is 12.8. The van der Waals surface area contributed by atoms with Crippen LogP contribution in [0.25, 0.3) is 0 Å². The highest BCUT2D eigenvalue weighted by Crippen LogP contribution is 2.23. The highest BCUT2D eigenvalue weighted by atomic mass is 15.4. The molecule has 0 unspecified atom stereocenters. The van der Waals surface area contributed by atoms with Crippen molar-refractivity contribution in [2.24, 2.45) is 0 Å². The fourth-order valence-electron chi connectivity index (χ4n) is 6.67. The van der Waals surface area contributed by atoms with E-state index in [9.17, 15) is 0 Å². The molecule has 1 rings (SSSR count). The Morgan fingerprint density at radius 1 is 0.306 bits per heavy atom. The lowest BCUT2D eigenvalue weighted by Gasteiger charge is -2.34. The molecule has 0 aromatic carbocycles. The minimum Gasteiger partial charge on any atom is -0.324 e. The highest BCUT2D eigenvalue weighted by Gasteiger charge is 2.30. The molecule has 216 valence electrons. The Kier molecular flexibility index (Phi) is 25.1. The summed E-state index contributed by atoms with van der Waals surface area (Å²) in [6.07, 6.45) is 42.9. The quantitative estimate of drug-likeness (QED) is 0.0698. The molecular weight excluding hydrogens is 434 g/mol. The van der Waals surface area contributed by atoms with Gasteiger partial charge in [0.05, 0.1) is 26.2 Å². The fraction of sp³-hybridized carbons (Fsp3) is 1.00. The van der Waals surface area contributed by atoms with Crippen molar-refractivity contribution in [3.63, 3.8) is 0 Å². The SMILES string of the molecule is CCCCCCCCCCCCCCCCCCC[N+]1(CCCCCCCCCCCC)CCCC1. The third kappa shape index (κ3) is 21.0. The van der Waals surface area contributed by atoms with E-state index in [4.69, 9.17) is 0 Å². The summed E-state index contributed by atoms with van der Waals surface area (Å²) in [6.45, 7) is 10.6. The molecule has 0 N–H and O–H groups in total. The van der Waals surface area contributed by atoms with Crippen molar-refractivity contribution in [2.75, 3.05) is 26.2 Å². The summed E-state index contributed by atoms with van der Waals surface area (Å²) >= 11 is 0. The molecule has 1 heterocycles. The molecule has 0 amide bonds. The number of hydrogen-bond acceptors (Lipinski definition) is 0. The molecule has 36 heavy (non-hydrogen) atoms. The molecular formula is C35H72N+. The minimum atomic E-state index is 1.37. The first-order valence-electron chi connectivity index (χ1n) is 17.7. The van der Waals surface area contributed by atoms with E-state index in [1.807, 2.05) is 0 Å². The predicted molar refractivity (Wildman–Crippen MR) is 165 cm³/mol. The van der Waals surface area contributed by atoms with E-state index in [1.54, 1.807) is 0 Å². The average molecular weight is 507 g/mol. The molecule has 0 aromatic rings. The van der Waals surface area contributed by atoms with Crippen LogP contribution in [0.2, 0.25) is 0 Å². The van der Waals surface area contributed by atoms with Gasteiger partial charge in [0.25, 0.3) is 0 Å². The van der Waals surface area contributed by atoms with Crippen molar-refractivity contribution >= 4 is 0 Å². The zero-order valence-corrected chi connectivity index (χ0v) is 25.8. The summed E-state index contributed by atoms with van der Waals surface area (Å²) in [5.41, 5.74) is 0. The third-order valence-electron chi connectivity index (χ3n) is 9.24. The van der Waals surface area contributed by atoms with Crippen LogP contribution in [0.4, 0.5) is 0 Å². The van der Waals surface area contributed by atoms with E-state index < -0.39 is 0 Å². The van der Waals surface area contributed by atoms with Crippen LogP contribution < -0.4 is 0 Å². The maximum absolute atomic E-state index is 2.32. The molecule has 1 aliphatic heterocycles. The van der Waals surface area contributed by atoms with E-state index in [1.165, 1.54) is 217 Å². The predicted octanol–water partition coefficient (Wildman–Crippen LogP) is 12.2. The summed E-state index contributed by atoms with van der Waals surface area (Å²) in [5, 5.41) is 0. The Bertz CT molecular complexity index is 411. The Hall–Kier alpha value is -0.0400. The van der Waals surface area contributed by atoms with Crippen LogP contribution in [0.5, 0.6) is 0 Å². The van der Waals surface area contributed by atoms with Gasteiger partial charge in [0.2, 0.25) is 0 Å². The molecule has 1 saturated heterocycles. The lowest BCUT2D eigenvalue weighted by atomic mass is 10.0. The summed E-state index contributed by atoms with van der Waals surface area (Å²) in [6, 6.07) is 0. The molecule has 1 aliphatic rings. The van der Waals surface area contributed by atoms with Gasteiger partial charge in [-0.15, -0.1) is 0 Å². The monoisotopic (exact) mass is 507 g/mol. The second kappa shape index (κ2) is 26.6. The van der Waals surface area contributed by atoms with Crippen LogP contribution in [0.15, 0.2) is 0 Å². The summed E-state index contributed by atoms with van der Waals surface area (Å²) in [5.74, 6) is 0. The standard InChI is InChI=1S/C35H72N/c1-3-5-7-9-11-13-15-16-17-18-19-20-21-23-25-27-29-33-36(34-30-31-35-36)32-28-26-24-22-14-12-10-8-6-4-2/h3-35H2,1-2H3/q+1. The fourth-order valence-corrected chi connectivity index (χ4v) is 6.67. The topological polar surface area (TPSA) is 0 Å². The van der Waals surface area contributed by atoms with Crippen molar-refractivity contribution in [3.8, 4) is 0 Å². The van der Waals surface area contributed by atoms with E-state index in [0.29, 0.717) is 0 Å². The minimum absolute atomic E-state index is 1.37. The highest BCUT2D eigenvalue weighted by molar-refractivity contribution is 4.58. The van der Waals surface area contributed by atoms with Gasteiger partial charge in [-0.3, -0.25) is 0 Å². The molecule has 0 saturated carbocycles. The van der Waals surface area contributed by atoms with Crippen molar-refractivity contribution in [1.29, 1.82) is 0 Å². The number of nitrogens with zero attached hydrogens (tertiary/aromatic N) is 1. The van der Waals surface area contributed by atoms with Gasteiger partial charge in [-0.05, 0) is 25.7 Å². The van der Waals surface area contributed by atoms with Gasteiger partial charge in [-0.25, -0.2) is 0 Å². The Morgan fingerprint density at radius 2 is 0.528 bits per heavy atom. The molecule has 0 spiro atoms. The van der Waals surface area contributed by atoms with Gasteiger partial charge in [-0.2, -0.15) is 0 Å². The molecule has 1 nitrogen and oxygen atoms in total. The summed E-state index contributed by atoms with van der Waals surface area (Å²) < 4.78 is 1.50. The van der Waals surface area contributed by atoms with Crippen molar-refractivity contribution in [1.82, 2.24) is 0 Å². The molecule has 1 fully saturated rings. The van der Waals surface area contributed by atoms with Gasteiger partial charge in [0.1, 0.15) is 0 Å². The van der Waals surface area contributed by atoms with Gasteiger partial charge < -0.3 is 4.48 Å². The Labute approximate surface area is 230 Å². The zero-order valence-electron chi connectivity index (χ0n) is 25.8. The molecule has 0 bridgehead atoms. The van der Waals surface area contributed by atoms with Crippen LogP contribution in [0.3, 0.4) is 0 Å². The van der Waals surface area contributed by atoms with Gasteiger partial charge in [0, 0.05) is 12.8 Å². The van der Waals surface area contributed by atoms with Crippen LogP contribution in [0.1, 0.15) is 200 Å². The Morgan fingerprint density at radius 3 is 0.778 bits per heavy atom. The molecule has 0 aliphatic carbocycles. The van der Waals surface area contributed by atoms with Crippen molar-refractivity contribution in [2.45, 2.75) is 200 Å². The van der Waals surface area contributed by atoms with Crippen LogP contribution in [-0.4, -0.2) is 30.7 Å².